The molecule has 0 aliphatic carbocycles. The van der Waals surface area contributed by atoms with Gasteiger partial charge in [-0.05, 0) is 49.5 Å². The summed E-state index contributed by atoms with van der Waals surface area (Å²) in [4.78, 5) is 4.48. The maximum absolute atomic E-state index is 12.8. The largest absolute Gasteiger partial charge is 0.478 e. The number of aliphatic imine (C=N–C) groups is 1. The van der Waals surface area contributed by atoms with E-state index >= 15 is 0 Å². The van der Waals surface area contributed by atoms with Gasteiger partial charge in [0.15, 0.2) is 5.90 Å². The van der Waals surface area contributed by atoms with Crippen LogP contribution in [0.4, 0.5) is 13.2 Å². The van der Waals surface area contributed by atoms with E-state index in [0.29, 0.717) is 24.0 Å². The topological polar surface area (TPSA) is 33.6 Å². The fourth-order valence-corrected chi connectivity index (χ4v) is 2.96. The predicted molar refractivity (Wildman–Crippen MR) is 77.8 cm³/mol. The molecule has 2 aliphatic heterocycles. The molecule has 0 amide bonds. The number of hydrogen-bond donors (Lipinski definition) is 1. The lowest BCUT2D eigenvalue weighted by Gasteiger charge is -2.21. The van der Waals surface area contributed by atoms with Crippen molar-refractivity contribution >= 4 is 5.90 Å². The fraction of sp³-hybridized carbons (Fsp3) is 0.562. The number of hydrogen-bond acceptors (Lipinski definition) is 3. The van der Waals surface area contributed by atoms with E-state index in [1.54, 1.807) is 6.07 Å². The SMILES string of the molecule is FC(F)(F)c1cccc(C2COC(CC3CCNCC3)=N2)c1. The van der Waals surface area contributed by atoms with E-state index < -0.39 is 11.7 Å². The van der Waals surface area contributed by atoms with Gasteiger partial charge in [-0.15, -0.1) is 0 Å². The molecule has 3 rings (SSSR count). The first kappa shape index (κ1) is 15.3. The molecule has 1 atom stereocenters. The van der Waals surface area contributed by atoms with Gasteiger partial charge in [-0.3, -0.25) is 0 Å². The lowest BCUT2D eigenvalue weighted by atomic mass is 9.95. The van der Waals surface area contributed by atoms with Gasteiger partial charge >= 0.3 is 6.18 Å². The maximum atomic E-state index is 12.8. The van der Waals surface area contributed by atoms with Crippen LogP contribution in [0, 0.1) is 5.92 Å². The standard InChI is InChI=1S/C16H19F3N2O/c17-16(18,19)13-3-1-2-12(9-13)14-10-22-15(21-14)8-11-4-6-20-7-5-11/h1-3,9,11,14,20H,4-8,10H2. The molecule has 0 radical (unpaired) electrons. The van der Waals surface area contributed by atoms with Gasteiger partial charge in [-0.1, -0.05) is 12.1 Å². The Hall–Kier alpha value is -1.56. The van der Waals surface area contributed by atoms with Crippen molar-refractivity contribution in [1.82, 2.24) is 5.32 Å². The van der Waals surface area contributed by atoms with E-state index in [1.165, 1.54) is 12.1 Å². The van der Waals surface area contributed by atoms with Crippen LogP contribution in [0.2, 0.25) is 0 Å². The number of nitrogens with one attached hydrogen (secondary N) is 1. The number of alkyl halides is 3. The minimum Gasteiger partial charge on any atom is -0.478 e. The van der Waals surface area contributed by atoms with Gasteiger partial charge in [-0.25, -0.2) is 4.99 Å². The number of benzene rings is 1. The molecule has 1 aromatic carbocycles. The zero-order valence-corrected chi connectivity index (χ0v) is 12.2. The highest BCUT2D eigenvalue weighted by molar-refractivity contribution is 5.78. The number of rotatable bonds is 3. The first-order valence-electron chi connectivity index (χ1n) is 7.60. The summed E-state index contributed by atoms with van der Waals surface area (Å²) in [6.45, 7) is 2.35. The minimum absolute atomic E-state index is 0.320. The van der Waals surface area contributed by atoms with Gasteiger partial charge in [0.1, 0.15) is 12.6 Å². The van der Waals surface area contributed by atoms with Crippen LogP contribution in [0.25, 0.3) is 0 Å². The summed E-state index contributed by atoms with van der Waals surface area (Å²) < 4.78 is 43.9. The monoisotopic (exact) mass is 312 g/mol. The van der Waals surface area contributed by atoms with Gasteiger partial charge in [0.05, 0.1) is 5.56 Å². The number of ether oxygens (including phenoxy) is 1. The van der Waals surface area contributed by atoms with E-state index in [2.05, 4.69) is 10.3 Å². The summed E-state index contributed by atoms with van der Waals surface area (Å²) in [6.07, 6.45) is -1.35. The molecular formula is C16H19F3N2O. The van der Waals surface area contributed by atoms with Crippen LogP contribution in [0.3, 0.4) is 0 Å². The molecule has 2 heterocycles. The van der Waals surface area contributed by atoms with Crippen molar-refractivity contribution in [3.05, 3.63) is 35.4 Å². The van der Waals surface area contributed by atoms with E-state index in [0.717, 1.165) is 38.4 Å². The normalized spacial score (nSPS) is 23.2. The van der Waals surface area contributed by atoms with Crippen LogP contribution >= 0.6 is 0 Å². The molecule has 1 unspecified atom stereocenters. The van der Waals surface area contributed by atoms with Crippen molar-refractivity contribution in [2.45, 2.75) is 31.5 Å². The fourth-order valence-electron chi connectivity index (χ4n) is 2.96. The quantitative estimate of drug-likeness (QED) is 0.926. The Morgan fingerprint density at radius 1 is 1.23 bits per heavy atom. The molecule has 3 nitrogen and oxygen atoms in total. The average molecular weight is 312 g/mol. The van der Waals surface area contributed by atoms with Crippen molar-refractivity contribution < 1.29 is 17.9 Å². The lowest BCUT2D eigenvalue weighted by molar-refractivity contribution is -0.137. The van der Waals surface area contributed by atoms with E-state index in [-0.39, 0.29) is 6.04 Å². The Kier molecular flexibility index (Phi) is 4.38. The Bertz CT molecular complexity index is 551. The van der Waals surface area contributed by atoms with Gasteiger partial charge in [0.25, 0.3) is 0 Å². The molecule has 0 aromatic heterocycles. The van der Waals surface area contributed by atoms with Crippen molar-refractivity contribution in [3.8, 4) is 0 Å². The molecule has 0 bridgehead atoms. The van der Waals surface area contributed by atoms with Gasteiger partial charge < -0.3 is 10.1 Å². The van der Waals surface area contributed by atoms with Crippen molar-refractivity contribution in [1.29, 1.82) is 0 Å². The highest BCUT2D eigenvalue weighted by atomic mass is 19.4. The summed E-state index contributed by atoms with van der Waals surface area (Å²) >= 11 is 0. The zero-order valence-electron chi connectivity index (χ0n) is 12.2. The van der Waals surface area contributed by atoms with Crippen LogP contribution in [-0.4, -0.2) is 25.6 Å². The van der Waals surface area contributed by atoms with Gasteiger partial charge in [0.2, 0.25) is 0 Å². The predicted octanol–water partition coefficient (Wildman–Crippen LogP) is 3.56. The second-order valence-corrected chi connectivity index (χ2v) is 5.87. The van der Waals surface area contributed by atoms with Crippen molar-refractivity contribution in [3.63, 3.8) is 0 Å². The molecule has 1 saturated heterocycles. The van der Waals surface area contributed by atoms with Crippen LogP contribution in [0.5, 0.6) is 0 Å². The van der Waals surface area contributed by atoms with E-state index in [4.69, 9.17) is 4.74 Å². The summed E-state index contributed by atoms with van der Waals surface area (Å²) in [5, 5.41) is 3.31. The third-order valence-corrected chi connectivity index (χ3v) is 4.23. The molecule has 120 valence electrons. The zero-order chi connectivity index (χ0) is 15.6. The molecule has 1 N–H and O–H groups in total. The van der Waals surface area contributed by atoms with Crippen molar-refractivity contribution in [2.75, 3.05) is 19.7 Å². The molecule has 1 aromatic rings. The summed E-state index contributed by atoms with van der Waals surface area (Å²) in [7, 11) is 0. The minimum atomic E-state index is -4.32. The Morgan fingerprint density at radius 2 is 2.00 bits per heavy atom. The first-order chi connectivity index (χ1) is 10.5. The van der Waals surface area contributed by atoms with Crippen LogP contribution in [-0.2, 0) is 10.9 Å². The van der Waals surface area contributed by atoms with E-state index in [1.807, 2.05) is 0 Å². The molecule has 1 fully saturated rings. The average Bonchev–Trinajstić information content (AvgIpc) is 2.96. The summed E-state index contributed by atoms with van der Waals surface area (Å²) in [5.74, 6) is 1.24. The van der Waals surface area contributed by atoms with Crippen molar-refractivity contribution in [2.24, 2.45) is 10.9 Å². The highest BCUT2D eigenvalue weighted by Crippen LogP contribution is 2.33. The first-order valence-corrected chi connectivity index (χ1v) is 7.60. The summed E-state index contributed by atoms with van der Waals surface area (Å²) in [6, 6.07) is 5.04. The van der Waals surface area contributed by atoms with Crippen LogP contribution < -0.4 is 5.32 Å². The molecular weight excluding hydrogens is 293 g/mol. The lowest BCUT2D eigenvalue weighted by Crippen LogP contribution is -2.28. The molecule has 6 heteroatoms. The summed E-state index contributed by atoms with van der Waals surface area (Å²) in [5.41, 5.74) is -0.0675. The number of nitrogens with zero attached hydrogens (tertiary/aromatic N) is 1. The van der Waals surface area contributed by atoms with Crippen LogP contribution in [0.15, 0.2) is 29.3 Å². The Labute approximate surface area is 127 Å². The van der Waals surface area contributed by atoms with E-state index in [9.17, 15) is 13.2 Å². The highest BCUT2D eigenvalue weighted by Gasteiger charge is 2.32. The smallest absolute Gasteiger partial charge is 0.416 e. The Balaban J connectivity index is 1.68. The second-order valence-electron chi connectivity index (χ2n) is 5.87. The Morgan fingerprint density at radius 3 is 2.73 bits per heavy atom. The van der Waals surface area contributed by atoms with Gasteiger partial charge in [0, 0.05) is 6.42 Å². The maximum Gasteiger partial charge on any atom is 0.416 e. The molecule has 2 aliphatic rings. The molecule has 22 heavy (non-hydrogen) atoms. The van der Waals surface area contributed by atoms with Gasteiger partial charge in [-0.2, -0.15) is 13.2 Å². The third kappa shape index (κ3) is 3.61. The van der Waals surface area contributed by atoms with Crippen LogP contribution in [0.1, 0.15) is 36.4 Å². The molecule has 0 saturated carbocycles. The number of piperidine rings is 1. The molecule has 0 spiro atoms. The third-order valence-electron chi connectivity index (χ3n) is 4.23. The second kappa shape index (κ2) is 6.28. The number of halogens is 3.